The molecule has 3 rings (SSSR count). The molecule has 23 heavy (non-hydrogen) atoms. The SMILES string of the molecule is CN1C(=O)[C@H](Cc2ccccc2)NC1(C)C.Cl.O=C1NCCN1. The van der Waals surface area contributed by atoms with Crippen LogP contribution in [0.1, 0.15) is 19.4 Å². The normalized spacial score (nSPS) is 21.7. The number of hydrogen-bond acceptors (Lipinski definition) is 3. The van der Waals surface area contributed by atoms with E-state index in [0.717, 1.165) is 19.5 Å². The van der Waals surface area contributed by atoms with Gasteiger partial charge in [0.2, 0.25) is 5.91 Å². The Labute approximate surface area is 143 Å². The molecule has 1 aromatic carbocycles. The predicted octanol–water partition coefficient (Wildman–Crippen LogP) is 1.12. The molecule has 2 saturated heterocycles. The molecule has 0 saturated carbocycles. The van der Waals surface area contributed by atoms with Crippen LogP contribution in [0.4, 0.5) is 4.79 Å². The number of nitrogens with one attached hydrogen (secondary N) is 3. The van der Waals surface area contributed by atoms with Crippen LogP contribution in [0.25, 0.3) is 0 Å². The van der Waals surface area contributed by atoms with Crippen molar-refractivity contribution in [3.05, 3.63) is 35.9 Å². The molecule has 0 radical (unpaired) electrons. The fraction of sp³-hybridized carbons (Fsp3) is 0.500. The zero-order chi connectivity index (χ0) is 16.2. The van der Waals surface area contributed by atoms with Gasteiger partial charge < -0.3 is 15.5 Å². The molecule has 2 aliphatic heterocycles. The second kappa shape index (κ2) is 8.17. The molecule has 0 spiro atoms. The molecule has 0 aromatic heterocycles. The minimum Gasteiger partial charge on any atom is -0.336 e. The Bertz CT molecular complexity index is 528. The Balaban J connectivity index is 0.000000320. The predicted molar refractivity (Wildman–Crippen MR) is 92.6 cm³/mol. The summed E-state index contributed by atoms with van der Waals surface area (Å²) in [6, 6.07) is 9.97. The van der Waals surface area contributed by atoms with Gasteiger partial charge in [0.05, 0.1) is 11.7 Å². The lowest BCUT2D eigenvalue weighted by Gasteiger charge is -2.27. The monoisotopic (exact) mass is 340 g/mol. The molecule has 2 aliphatic rings. The van der Waals surface area contributed by atoms with Crippen LogP contribution in [-0.2, 0) is 11.2 Å². The van der Waals surface area contributed by atoms with Crippen LogP contribution >= 0.6 is 12.4 Å². The highest BCUT2D eigenvalue weighted by Crippen LogP contribution is 2.20. The van der Waals surface area contributed by atoms with Gasteiger partial charge in [-0.1, -0.05) is 30.3 Å². The molecule has 3 amide bonds. The van der Waals surface area contributed by atoms with E-state index in [1.807, 2.05) is 39.1 Å². The third-order valence-corrected chi connectivity index (χ3v) is 3.97. The smallest absolute Gasteiger partial charge is 0.314 e. The van der Waals surface area contributed by atoms with Crippen molar-refractivity contribution in [3.63, 3.8) is 0 Å². The van der Waals surface area contributed by atoms with E-state index >= 15 is 0 Å². The molecular formula is C16H25ClN4O2. The maximum atomic E-state index is 12.0. The first-order valence-electron chi connectivity index (χ1n) is 7.51. The van der Waals surface area contributed by atoms with E-state index in [4.69, 9.17) is 0 Å². The molecule has 0 unspecified atom stereocenters. The van der Waals surface area contributed by atoms with Crippen molar-refractivity contribution in [2.45, 2.75) is 32.0 Å². The molecule has 1 atom stereocenters. The Hall–Kier alpha value is -1.79. The zero-order valence-corrected chi connectivity index (χ0v) is 14.6. The van der Waals surface area contributed by atoms with E-state index in [2.05, 4.69) is 28.1 Å². The number of benzene rings is 1. The third-order valence-electron chi connectivity index (χ3n) is 3.97. The summed E-state index contributed by atoms with van der Waals surface area (Å²) in [7, 11) is 1.85. The van der Waals surface area contributed by atoms with Gasteiger partial charge in [-0.3, -0.25) is 10.1 Å². The molecule has 3 N–H and O–H groups in total. The lowest BCUT2D eigenvalue weighted by atomic mass is 10.1. The molecule has 2 fully saturated rings. The maximum absolute atomic E-state index is 12.0. The van der Waals surface area contributed by atoms with E-state index in [-0.39, 0.29) is 36.1 Å². The Morgan fingerprint density at radius 3 is 2.09 bits per heavy atom. The van der Waals surface area contributed by atoms with E-state index in [1.54, 1.807) is 4.90 Å². The van der Waals surface area contributed by atoms with Gasteiger partial charge >= 0.3 is 6.03 Å². The van der Waals surface area contributed by atoms with Crippen LogP contribution in [0, 0.1) is 0 Å². The summed E-state index contributed by atoms with van der Waals surface area (Å²) in [5, 5.41) is 8.49. The van der Waals surface area contributed by atoms with Crippen LogP contribution < -0.4 is 16.0 Å². The highest BCUT2D eigenvalue weighted by atomic mass is 35.5. The van der Waals surface area contributed by atoms with Crippen molar-refractivity contribution in [1.29, 1.82) is 0 Å². The van der Waals surface area contributed by atoms with E-state index in [0.29, 0.717) is 0 Å². The summed E-state index contributed by atoms with van der Waals surface area (Å²) in [6.45, 7) is 5.60. The van der Waals surface area contributed by atoms with Gasteiger partial charge in [0.1, 0.15) is 0 Å². The first-order valence-corrected chi connectivity index (χ1v) is 7.51. The van der Waals surface area contributed by atoms with Gasteiger partial charge in [0, 0.05) is 20.1 Å². The highest BCUT2D eigenvalue weighted by Gasteiger charge is 2.41. The van der Waals surface area contributed by atoms with Crippen LogP contribution in [0.5, 0.6) is 0 Å². The second-order valence-electron chi connectivity index (χ2n) is 6.03. The summed E-state index contributed by atoms with van der Waals surface area (Å²) in [5.41, 5.74) is 0.954. The third kappa shape index (κ3) is 5.11. The van der Waals surface area contributed by atoms with Gasteiger partial charge in [-0.15, -0.1) is 12.4 Å². The number of hydrogen-bond donors (Lipinski definition) is 3. The van der Waals surface area contributed by atoms with Gasteiger partial charge in [0.15, 0.2) is 0 Å². The van der Waals surface area contributed by atoms with Crippen LogP contribution in [0.3, 0.4) is 0 Å². The summed E-state index contributed by atoms with van der Waals surface area (Å²) >= 11 is 0. The largest absolute Gasteiger partial charge is 0.336 e. The standard InChI is InChI=1S/C13H18N2O.C3H6N2O.ClH/c1-13(2)14-11(12(16)15(13)3)9-10-7-5-4-6-8-10;6-3-4-1-2-5-3;/h4-8,11,14H,9H2,1-3H3;1-2H2,(H2,4,5,6);1H/t11-;;/m0../s1. The van der Waals surface area contributed by atoms with E-state index < -0.39 is 0 Å². The topological polar surface area (TPSA) is 73.5 Å². The second-order valence-corrected chi connectivity index (χ2v) is 6.03. The Morgan fingerprint density at radius 2 is 1.70 bits per heavy atom. The van der Waals surface area contributed by atoms with Crippen LogP contribution in [-0.4, -0.2) is 48.7 Å². The van der Waals surface area contributed by atoms with Crippen molar-refractivity contribution < 1.29 is 9.59 Å². The van der Waals surface area contributed by atoms with Gasteiger partial charge in [-0.25, -0.2) is 4.79 Å². The zero-order valence-electron chi connectivity index (χ0n) is 13.8. The quantitative estimate of drug-likeness (QED) is 0.755. The molecule has 0 aliphatic carbocycles. The number of likely N-dealkylation sites (N-methyl/N-ethyl adjacent to an activating group) is 1. The highest BCUT2D eigenvalue weighted by molar-refractivity contribution is 5.85. The number of carbonyl (C=O) groups excluding carboxylic acids is 2. The minimum absolute atomic E-state index is 0. The van der Waals surface area contributed by atoms with Crippen LogP contribution in [0.2, 0.25) is 0 Å². The lowest BCUT2D eigenvalue weighted by Crippen LogP contribution is -2.45. The minimum atomic E-state index is -0.240. The molecule has 6 nitrogen and oxygen atoms in total. The number of amides is 3. The Morgan fingerprint density at radius 1 is 1.13 bits per heavy atom. The van der Waals surface area contributed by atoms with Gasteiger partial charge in [0.25, 0.3) is 0 Å². The van der Waals surface area contributed by atoms with Crippen molar-refractivity contribution in [1.82, 2.24) is 20.9 Å². The van der Waals surface area contributed by atoms with Gasteiger partial charge in [-0.05, 0) is 25.8 Å². The van der Waals surface area contributed by atoms with E-state index in [1.165, 1.54) is 5.56 Å². The number of nitrogens with zero attached hydrogens (tertiary/aromatic N) is 1. The Kier molecular flexibility index (Phi) is 6.84. The van der Waals surface area contributed by atoms with Crippen LogP contribution in [0.15, 0.2) is 30.3 Å². The lowest BCUT2D eigenvalue weighted by molar-refractivity contribution is -0.129. The fourth-order valence-corrected chi connectivity index (χ4v) is 2.50. The average Bonchev–Trinajstić information content (AvgIpc) is 3.03. The number of urea groups is 1. The summed E-state index contributed by atoms with van der Waals surface area (Å²) in [4.78, 5) is 23.8. The fourth-order valence-electron chi connectivity index (χ4n) is 2.50. The van der Waals surface area contributed by atoms with Crippen molar-refractivity contribution in [2.24, 2.45) is 0 Å². The average molecular weight is 341 g/mol. The van der Waals surface area contributed by atoms with Gasteiger partial charge in [-0.2, -0.15) is 0 Å². The first kappa shape index (κ1) is 19.3. The van der Waals surface area contributed by atoms with E-state index in [9.17, 15) is 9.59 Å². The summed E-state index contributed by atoms with van der Waals surface area (Å²) in [5.74, 6) is 0.175. The first-order chi connectivity index (χ1) is 10.4. The van der Waals surface area contributed by atoms with Crippen molar-refractivity contribution in [3.8, 4) is 0 Å². The maximum Gasteiger partial charge on any atom is 0.314 e. The number of halogens is 1. The molecule has 2 heterocycles. The van der Waals surface area contributed by atoms with Crippen molar-refractivity contribution >= 4 is 24.3 Å². The molecule has 7 heteroatoms. The van der Waals surface area contributed by atoms with Crippen molar-refractivity contribution in [2.75, 3.05) is 20.1 Å². The summed E-state index contributed by atoms with van der Waals surface area (Å²) in [6.07, 6.45) is 0.757. The number of carbonyl (C=O) groups is 2. The molecule has 128 valence electrons. The molecule has 0 bridgehead atoms. The number of rotatable bonds is 2. The molecular weight excluding hydrogens is 316 g/mol. The summed E-state index contributed by atoms with van der Waals surface area (Å²) < 4.78 is 0. The molecule has 1 aromatic rings.